The molecule has 2 heterocycles. The van der Waals surface area contributed by atoms with Gasteiger partial charge >= 0.3 is 5.69 Å². The van der Waals surface area contributed by atoms with E-state index in [-0.39, 0.29) is 0 Å². The van der Waals surface area contributed by atoms with Crippen LogP contribution in [-0.4, -0.2) is 44.2 Å². The Morgan fingerprint density at radius 2 is 2.32 bits per heavy atom. The van der Waals surface area contributed by atoms with Crippen molar-refractivity contribution in [3.8, 4) is 12.3 Å². The smallest absolute Gasteiger partial charge is 0.330 e. The van der Waals surface area contributed by atoms with Gasteiger partial charge in [-0.2, -0.15) is 0 Å². The number of ether oxygens (including phenoxy) is 1. The average molecular weight is 270 g/mol. The zero-order chi connectivity index (χ0) is 14.2. The number of aromatic nitrogens is 2. The van der Waals surface area contributed by atoms with Gasteiger partial charge in [-0.1, -0.05) is 5.92 Å². The van der Waals surface area contributed by atoms with Crippen molar-refractivity contribution >= 4 is 0 Å². The van der Waals surface area contributed by atoms with Crippen LogP contribution in [0.5, 0.6) is 0 Å². The van der Waals surface area contributed by atoms with Gasteiger partial charge in [-0.3, -0.25) is 14.3 Å². The minimum Gasteiger partial charge on any atom is -0.392 e. The van der Waals surface area contributed by atoms with Crippen LogP contribution in [0.1, 0.15) is 6.23 Å². The summed E-state index contributed by atoms with van der Waals surface area (Å²) in [6.07, 6.45) is 0.818. The predicted octanol–water partition coefficient (Wildman–Crippen LogP) is -1.87. The molecule has 0 unspecified atom stereocenters. The minimum absolute atomic E-state index is 0.652. The number of nitrogens with one attached hydrogen (secondary N) is 1. The molecule has 0 saturated carbocycles. The van der Waals surface area contributed by atoms with Crippen molar-refractivity contribution < 1.29 is 19.3 Å². The molecule has 0 amide bonds. The molecule has 102 valence electrons. The zero-order valence-electron chi connectivity index (χ0n) is 9.62. The molecule has 4 atom stereocenters. The van der Waals surface area contributed by atoms with Crippen LogP contribution in [0.25, 0.3) is 0 Å². The summed E-state index contributed by atoms with van der Waals surface area (Å²) in [6, 6.07) is 0.999. The number of nitrogens with zero attached hydrogens (tertiary/aromatic N) is 1. The van der Waals surface area contributed by atoms with Crippen LogP contribution < -0.4 is 11.2 Å². The third-order valence-electron chi connectivity index (χ3n) is 2.99. The standard InChI is InChI=1S/C11H11FN2O5/c1-2-11(5-15)8(17)7(12)9(19-11)14-4-3-6(16)13-10(14)18/h1,3-4,7-9,15,17H,5H2,(H,13,16,18)/t7-,8+,9-,11-/m1/s1. The van der Waals surface area contributed by atoms with Crippen LogP contribution in [0.3, 0.4) is 0 Å². The number of hydrogen-bond donors (Lipinski definition) is 3. The van der Waals surface area contributed by atoms with Gasteiger partial charge in [0.1, 0.15) is 6.10 Å². The molecule has 0 bridgehead atoms. The van der Waals surface area contributed by atoms with Crippen molar-refractivity contribution in [1.82, 2.24) is 9.55 Å². The minimum atomic E-state index is -2.02. The number of aliphatic hydroxyl groups excluding tert-OH is 2. The highest BCUT2D eigenvalue weighted by atomic mass is 19.1. The van der Waals surface area contributed by atoms with E-state index in [4.69, 9.17) is 16.3 Å². The van der Waals surface area contributed by atoms with E-state index in [1.165, 1.54) is 0 Å². The van der Waals surface area contributed by atoms with Gasteiger partial charge in [0.25, 0.3) is 5.56 Å². The fourth-order valence-electron chi connectivity index (χ4n) is 1.90. The van der Waals surface area contributed by atoms with Crippen molar-refractivity contribution in [3.63, 3.8) is 0 Å². The largest absolute Gasteiger partial charge is 0.392 e. The maximum absolute atomic E-state index is 14.0. The molecule has 1 aromatic heterocycles. The van der Waals surface area contributed by atoms with Gasteiger partial charge in [0.05, 0.1) is 6.61 Å². The summed E-state index contributed by atoms with van der Waals surface area (Å²) in [4.78, 5) is 24.4. The quantitative estimate of drug-likeness (QED) is 0.546. The zero-order valence-corrected chi connectivity index (χ0v) is 9.62. The Morgan fingerprint density at radius 1 is 1.63 bits per heavy atom. The van der Waals surface area contributed by atoms with Gasteiger partial charge in [-0.05, 0) is 0 Å². The summed E-state index contributed by atoms with van der Waals surface area (Å²) in [7, 11) is 0. The molecular formula is C11H11FN2O5. The molecule has 0 spiro atoms. The molecule has 3 N–H and O–H groups in total. The lowest BCUT2D eigenvalue weighted by Gasteiger charge is -2.23. The topological polar surface area (TPSA) is 105 Å². The Bertz CT molecular complexity index is 633. The number of H-pyrrole nitrogens is 1. The molecule has 7 nitrogen and oxygen atoms in total. The Kier molecular flexibility index (Phi) is 3.28. The van der Waals surface area contributed by atoms with E-state index in [1.807, 2.05) is 10.9 Å². The van der Waals surface area contributed by atoms with Gasteiger partial charge in [-0.25, -0.2) is 9.18 Å². The number of terminal acetylenes is 1. The lowest BCUT2D eigenvalue weighted by molar-refractivity contribution is -0.0923. The molecule has 19 heavy (non-hydrogen) atoms. The normalized spacial score (nSPS) is 34.1. The molecule has 0 aromatic carbocycles. The lowest BCUT2D eigenvalue weighted by atomic mass is 9.98. The van der Waals surface area contributed by atoms with E-state index in [0.29, 0.717) is 0 Å². The second-order valence-electron chi connectivity index (χ2n) is 4.11. The average Bonchev–Trinajstić information content (AvgIpc) is 2.64. The lowest BCUT2D eigenvalue weighted by Crippen LogP contribution is -2.44. The van der Waals surface area contributed by atoms with Crippen molar-refractivity contribution in [1.29, 1.82) is 0 Å². The van der Waals surface area contributed by atoms with Crippen LogP contribution in [0.15, 0.2) is 21.9 Å². The van der Waals surface area contributed by atoms with Crippen LogP contribution >= 0.6 is 0 Å². The van der Waals surface area contributed by atoms with Gasteiger partial charge < -0.3 is 14.9 Å². The number of aliphatic hydroxyl groups is 2. The fourth-order valence-corrected chi connectivity index (χ4v) is 1.90. The summed E-state index contributed by atoms with van der Waals surface area (Å²) in [6.45, 7) is -0.806. The highest BCUT2D eigenvalue weighted by Crippen LogP contribution is 2.37. The number of rotatable bonds is 2. The SMILES string of the molecule is C#C[C@]1(CO)O[C@@H](n2ccc(=O)[nH]c2=O)[C@H](F)[C@@H]1O. The summed E-state index contributed by atoms with van der Waals surface area (Å²) in [5.74, 6) is 1.99. The van der Waals surface area contributed by atoms with Crippen LogP contribution in [0.2, 0.25) is 0 Å². The number of hydrogen-bond acceptors (Lipinski definition) is 5. The Hall–Kier alpha value is -1.95. The molecule has 1 aromatic rings. The molecule has 1 saturated heterocycles. The maximum Gasteiger partial charge on any atom is 0.330 e. The molecule has 1 aliphatic heterocycles. The Labute approximate surface area is 106 Å². The van der Waals surface area contributed by atoms with E-state index < -0.39 is 42.0 Å². The second-order valence-corrected chi connectivity index (χ2v) is 4.11. The van der Waals surface area contributed by atoms with Crippen LogP contribution in [0.4, 0.5) is 4.39 Å². The summed E-state index contributed by atoms with van der Waals surface area (Å²) in [5, 5.41) is 18.8. The van der Waals surface area contributed by atoms with Gasteiger partial charge in [0.15, 0.2) is 18.0 Å². The van der Waals surface area contributed by atoms with E-state index in [9.17, 15) is 19.1 Å². The predicted molar refractivity (Wildman–Crippen MR) is 61.0 cm³/mol. The number of aromatic amines is 1. The first-order valence-electron chi connectivity index (χ1n) is 5.35. The second kappa shape index (κ2) is 4.62. The summed E-state index contributed by atoms with van der Waals surface area (Å²) < 4.78 is 19.8. The first-order chi connectivity index (χ1) is 8.95. The third kappa shape index (κ3) is 1.98. The van der Waals surface area contributed by atoms with E-state index in [2.05, 4.69) is 0 Å². The van der Waals surface area contributed by atoms with Gasteiger partial charge in [-0.15, -0.1) is 6.42 Å². The molecule has 2 rings (SSSR count). The fraction of sp³-hybridized carbons (Fsp3) is 0.455. The summed E-state index contributed by atoms with van der Waals surface area (Å²) in [5.41, 5.74) is -3.47. The Morgan fingerprint density at radius 3 is 2.79 bits per heavy atom. The molecular weight excluding hydrogens is 259 g/mol. The van der Waals surface area contributed by atoms with Gasteiger partial charge in [0.2, 0.25) is 0 Å². The number of alkyl halides is 1. The molecule has 0 aliphatic carbocycles. The van der Waals surface area contributed by atoms with Crippen molar-refractivity contribution in [2.75, 3.05) is 6.61 Å². The van der Waals surface area contributed by atoms with E-state index >= 15 is 0 Å². The highest BCUT2D eigenvalue weighted by molar-refractivity contribution is 5.18. The third-order valence-corrected chi connectivity index (χ3v) is 2.99. The van der Waals surface area contributed by atoms with E-state index in [0.717, 1.165) is 16.8 Å². The summed E-state index contributed by atoms with van der Waals surface area (Å²) >= 11 is 0. The molecule has 8 heteroatoms. The first kappa shape index (κ1) is 13.5. The molecule has 1 fully saturated rings. The van der Waals surface area contributed by atoms with Crippen molar-refractivity contribution in [2.24, 2.45) is 0 Å². The Balaban J connectivity index is 2.46. The molecule has 0 radical (unpaired) electrons. The van der Waals surface area contributed by atoms with Gasteiger partial charge in [0, 0.05) is 12.3 Å². The molecule has 1 aliphatic rings. The monoisotopic (exact) mass is 270 g/mol. The van der Waals surface area contributed by atoms with E-state index in [1.54, 1.807) is 0 Å². The first-order valence-corrected chi connectivity index (χ1v) is 5.35. The van der Waals surface area contributed by atoms with Crippen molar-refractivity contribution in [2.45, 2.75) is 24.1 Å². The highest BCUT2D eigenvalue weighted by Gasteiger charge is 2.55. The van der Waals surface area contributed by atoms with Crippen LogP contribution in [-0.2, 0) is 4.74 Å². The van der Waals surface area contributed by atoms with Crippen molar-refractivity contribution in [3.05, 3.63) is 33.1 Å². The number of halogens is 1. The van der Waals surface area contributed by atoms with Crippen LogP contribution in [0, 0.1) is 12.3 Å². The maximum atomic E-state index is 14.0.